The van der Waals surface area contributed by atoms with E-state index in [2.05, 4.69) is 31.3 Å². The van der Waals surface area contributed by atoms with Crippen molar-refractivity contribution < 1.29 is 0 Å². The van der Waals surface area contributed by atoms with Gasteiger partial charge in [-0.05, 0) is 50.3 Å². The van der Waals surface area contributed by atoms with E-state index in [1.54, 1.807) is 0 Å². The third kappa shape index (κ3) is 3.32. The van der Waals surface area contributed by atoms with Crippen LogP contribution < -0.4 is 5.32 Å². The number of aryl methyl sites for hydroxylation is 1. The molecule has 0 aromatic carbocycles. The lowest BCUT2D eigenvalue weighted by atomic mass is 10.1. The molecule has 1 aliphatic rings. The van der Waals surface area contributed by atoms with Gasteiger partial charge in [-0.25, -0.2) is 0 Å². The molecule has 0 bridgehead atoms. The van der Waals surface area contributed by atoms with Gasteiger partial charge >= 0.3 is 0 Å². The van der Waals surface area contributed by atoms with Gasteiger partial charge in [0.15, 0.2) is 0 Å². The van der Waals surface area contributed by atoms with Crippen molar-refractivity contribution in [1.82, 2.24) is 5.32 Å². The van der Waals surface area contributed by atoms with E-state index in [4.69, 9.17) is 0 Å². The molecule has 2 atom stereocenters. The second-order valence-electron chi connectivity index (χ2n) is 4.93. The molecule has 0 amide bonds. The Balaban J connectivity index is 1.67. The van der Waals surface area contributed by atoms with Crippen LogP contribution in [0, 0.1) is 18.8 Å². The first-order valence-electron chi connectivity index (χ1n) is 6.00. The quantitative estimate of drug-likeness (QED) is 0.822. The molecule has 84 valence electrons. The Hall–Kier alpha value is -0.340. The molecule has 15 heavy (non-hydrogen) atoms. The summed E-state index contributed by atoms with van der Waals surface area (Å²) in [6.45, 7) is 6.82. The summed E-state index contributed by atoms with van der Waals surface area (Å²) in [5.74, 6) is 1.89. The Morgan fingerprint density at radius 2 is 2.27 bits per heavy atom. The molecule has 1 heterocycles. The van der Waals surface area contributed by atoms with E-state index in [0.29, 0.717) is 0 Å². The topological polar surface area (TPSA) is 12.0 Å². The molecule has 0 spiro atoms. The summed E-state index contributed by atoms with van der Waals surface area (Å²) in [7, 11) is 0. The van der Waals surface area contributed by atoms with Crippen LogP contribution in [0.5, 0.6) is 0 Å². The van der Waals surface area contributed by atoms with Gasteiger partial charge in [-0.15, -0.1) is 11.3 Å². The van der Waals surface area contributed by atoms with E-state index in [9.17, 15) is 0 Å². The van der Waals surface area contributed by atoms with Crippen LogP contribution in [-0.4, -0.2) is 6.54 Å². The third-order valence-electron chi connectivity index (χ3n) is 3.33. The van der Waals surface area contributed by atoms with Crippen molar-refractivity contribution in [2.45, 2.75) is 39.7 Å². The van der Waals surface area contributed by atoms with Crippen LogP contribution >= 0.6 is 11.3 Å². The van der Waals surface area contributed by atoms with E-state index < -0.39 is 0 Å². The highest BCUT2D eigenvalue weighted by Crippen LogP contribution is 2.29. The molecular formula is C13H21NS. The molecule has 1 nitrogen and oxygen atoms in total. The monoisotopic (exact) mass is 223 g/mol. The minimum atomic E-state index is 0.932. The molecule has 2 heteroatoms. The number of thiophene rings is 1. The second kappa shape index (κ2) is 5.13. The lowest BCUT2D eigenvalue weighted by molar-refractivity contribution is 0.472. The predicted molar refractivity (Wildman–Crippen MR) is 67.3 cm³/mol. The fraction of sp³-hybridized carbons (Fsp3) is 0.692. The Kier molecular flexibility index (Phi) is 3.81. The Bertz CT molecular complexity index is 305. The predicted octanol–water partition coefficient (Wildman–Crippen LogP) is 3.58. The highest BCUT2D eigenvalue weighted by atomic mass is 32.1. The van der Waals surface area contributed by atoms with E-state index in [1.165, 1.54) is 35.6 Å². The van der Waals surface area contributed by atoms with Crippen LogP contribution in [-0.2, 0) is 6.54 Å². The summed E-state index contributed by atoms with van der Waals surface area (Å²) >= 11 is 1.91. The van der Waals surface area contributed by atoms with Crippen molar-refractivity contribution in [3.8, 4) is 0 Å². The van der Waals surface area contributed by atoms with Gasteiger partial charge in [0.2, 0.25) is 0 Å². The van der Waals surface area contributed by atoms with Gasteiger partial charge < -0.3 is 5.32 Å². The van der Waals surface area contributed by atoms with Crippen LogP contribution in [0.1, 0.15) is 35.9 Å². The SMILES string of the molecule is Cc1ccc(CNCC2CCC(C)C2)s1. The lowest BCUT2D eigenvalue weighted by Gasteiger charge is -2.10. The summed E-state index contributed by atoms with van der Waals surface area (Å²) in [4.78, 5) is 2.89. The molecule has 2 unspecified atom stereocenters. The number of hydrogen-bond donors (Lipinski definition) is 1. The first-order chi connectivity index (χ1) is 7.24. The van der Waals surface area contributed by atoms with Crippen LogP contribution in [0.4, 0.5) is 0 Å². The Morgan fingerprint density at radius 3 is 2.87 bits per heavy atom. The van der Waals surface area contributed by atoms with Gasteiger partial charge in [0.05, 0.1) is 0 Å². The van der Waals surface area contributed by atoms with Crippen molar-refractivity contribution in [3.05, 3.63) is 21.9 Å². The number of nitrogens with one attached hydrogen (secondary N) is 1. The van der Waals surface area contributed by atoms with Gasteiger partial charge in [0, 0.05) is 16.3 Å². The van der Waals surface area contributed by atoms with Crippen molar-refractivity contribution in [1.29, 1.82) is 0 Å². The zero-order chi connectivity index (χ0) is 10.7. The van der Waals surface area contributed by atoms with E-state index in [0.717, 1.165) is 18.4 Å². The van der Waals surface area contributed by atoms with Crippen LogP contribution in [0.3, 0.4) is 0 Å². The molecule has 1 aliphatic carbocycles. The molecule has 0 saturated heterocycles. The van der Waals surface area contributed by atoms with Crippen molar-refractivity contribution in [3.63, 3.8) is 0 Å². The zero-order valence-corrected chi connectivity index (χ0v) is 10.6. The lowest BCUT2D eigenvalue weighted by Crippen LogP contribution is -2.20. The summed E-state index contributed by atoms with van der Waals surface area (Å²) < 4.78 is 0. The van der Waals surface area contributed by atoms with E-state index >= 15 is 0 Å². The minimum Gasteiger partial charge on any atom is -0.312 e. The average Bonchev–Trinajstić information content (AvgIpc) is 2.76. The fourth-order valence-electron chi connectivity index (χ4n) is 2.49. The van der Waals surface area contributed by atoms with Crippen LogP contribution in [0.2, 0.25) is 0 Å². The summed E-state index contributed by atoms with van der Waals surface area (Å²) in [6.07, 6.45) is 4.29. The Labute approximate surface area is 96.9 Å². The van der Waals surface area contributed by atoms with Crippen molar-refractivity contribution in [2.24, 2.45) is 11.8 Å². The van der Waals surface area contributed by atoms with Crippen LogP contribution in [0.25, 0.3) is 0 Å². The average molecular weight is 223 g/mol. The van der Waals surface area contributed by atoms with E-state index in [1.807, 2.05) is 11.3 Å². The molecule has 1 N–H and O–H groups in total. The molecule has 0 aliphatic heterocycles. The van der Waals surface area contributed by atoms with Gasteiger partial charge in [-0.2, -0.15) is 0 Å². The highest BCUT2D eigenvalue weighted by molar-refractivity contribution is 7.11. The first-order valence-corrected chi connectivity index (χ1v) is 6.81. The first kappa shape index (κ1) is 11.2. The second-order valence-corrected chi connectivity index (χ2v) is 6.30. The summed E-state index contributed by atoms with van der Waals surface area (Å²) in [6, 6.07) is 4.45. The molecular weight excluding hydrogens is 202 g/mol. The third-order valence-corrected chi connectivity index (χ3v) is 4.33. The summed E-state index contributed by atoms with van der Waals surface area (Å²) in [5, 5.41) is 3.59. The largest absolute Gasteiger partial charge is 0.312 e. The number of rotatable bonds is 4. The van der Waals surface area contributed by atoms with Crippen molar-refractivity contribution in [2.75, 3.05) is 6.54 Å². The highest BCUT2D eigenvalue weighted by Gasteiger charge is 2.20. The molecule has 1 saturated carbocycles. The van der Waals surface area contributed by atoms with Gasteiger partial charge in [-0.3, -0.25) is 0 Å². The fourth-order valence-corrected chi connectivity index (χ4v) is 3.35. The Morgan fingerprint density at radius 1 is 1.40 bits per heavy atom. The smallest absolute Gasteiger partial charge is 0.0299 e. The molecule has 0 radical (unpaired) electrons. The molecule has 1 aromatic heterocycles. The van der Waals surface area contributed by atoms with Gasteiger partial charge in [0.1, 0.15) is 0 Å². The maximum Gasteiger partial charge on any atom is 0.0299 e. The van der Waals surface area contributed by atoms with Crippen molar-refractivity contribution >= 4 is 11.3 Å². The normalized spacial score (nSPS) is 26.0. The molecule has 1 aromatic rings. The molecule has 1 fully saturated rings. The standard InChI is InChI=1S/C13H21NS/c1-10-3-5-12(7-10)8-14-9-13-6-4-11(2)15-13/h4,6,10,12,14H,3,5,7-9H2,1-2H3. The number of hydrogen-bond acceptors (Lipinski definition) is 2. The van der Waals surface area contributed by atoms with E-state index in [-0.39, 0.29) is 0 Å². The van der Waals surface area contributed by atoms with Crippen LogP contribution in [0.15, 0.2) is 12.1 Å². The minimum absolute atomic E-state index is 0.932. The maximum atomic E-state index is 3.59. The maximum absolute atomic E-state index is 3.59. The zero-order valence-electron chi connectivity index (χ0n) is 9.75. The molecule has 2 rings (SSSR count). The van der Waals surface area contributed by atoms with Gasteiger partial charge in [-0.1, -0.05) is 13.3 Å². The summed E-state index contributed by atoms with van der Waals surface area (Å²) in [5.41, 5.74) is 0. The van der Waals surface area contributed by atoms with Gasteiger partial charge in [0.25, 0.3) is 0 Å².